The fourth-order valence-corrected chi connectivity index (χ4v) is 2.42. The van der Waals surface area contributed by atoms with Crippen molar-refractivity contribution in [1.82, 2.24) is 20.3 Å². The normalized spacial score (nSPS) is 12.6. The van der Waals surface area contributed by atoms with Crippen LogP contribution in [0.5, 0.6) is 0 Å². The summed E-state index contributed by atoms with van der Waals surface area (Å²) in [6.07, 6.45) is -5.41. The van der Waals surface area contributed by atoms with Gasteiger partial charge in [0.25, 0.3) is 11.5 Å². The summed E-state index contributed by atoms with van der Waals surface area (Å²) in [6, 6.07) is 7.43. The lowest BCUT2D eigenvalue weighted by Gasteiger charge is -2.15. The summed E-state index contributed by atoms with van der Waals surface area (Å²) in [5.41, 5.74) is -0.631. The third kappa shape index (κ3) is 4.63. The van der Waals surface area contributed by atoms with Crippen LogP contribution in [0.4, 0.5) is 13.2 Å². The summed E-state index contributed by atoms with van der Waals surface area (Å²) >= 11 is 5.85. The van der Waals surface area contributed by atoms with Crippen LogP contribution in [0.25, 0.3) is 16.9 Å². The Balaban J connectivity index is 2.02. The molecule has 1 unspecified atom stereocenters. The van der Waals surface area contributed by atoms with Gasteiger partial charge in [0, 0.05) is 10.6 Å². The Morgan fingerprint density at radius 2 is 2.00 bits per heavy atom. The standard InChI is InChI=1S/C17H12ClF3N4O4/c18-10-3-1-9(2-4-10)13-5-12(15(27)22-7-14(26)17(19,20)21)16(28)25(24-13)11-6-23-29-8-11/h1-6,8,14,26H,7H2,(H,22,27). The Kier molecular flexibility index (Phi) is 5.71. The van der Waals surface area contributed by atoms with Gasteiger partial charge in [0.05, 0.1) is 18.4 Å². The first-order chi connectivity index (χ1) is 13.7. The second-order valence-electron chi connectivity index (χ2n) is 5.82. The van der Waals surface area contributed by atoms with Crippen molar-refractivity contribution in [2.75, 3.05) is 6.54 Å². The number of amides is 1. The van der Waals surface area contributed by atoms with Crippen LogP contribution in [0, 0.1) is 0 Å². The lowest BCUT2D eigenvalue weighted by Crippen LogP contribution is -2.42. The zero-order valence-electron chi connectivity index (χ0n) is 14.4. The molecular weight excluding hydrogens is 417 g/mol. The van der Waals surface area contributed by atoms with E-state index in [0.717, 1.165) is 17.0 Å². The lowest BCUT2D eigenvalue weighted by molar-refractivity contribution is -0.201. The number of halogens is 4. The summed E-state index contributed by atoms with van der Waals surface area (Å²) in [5.74, 6) is -1.11. The van der Waals surface area contributed by atoms with Gasteiger partial charge in [-0.1, -0.05) is 28.9 Å². The molecule has 0 aliphatic rings. The van der Waals surface area contributed by atoms with Crippen LogP contribution in [-0.2, 0) is 0 Å². The van der Waals surface area contributed by atoms with Crippen molar-refractivity contribution >= 4 is 17.5 Å². The van der Waals surface area contributed by atoms with E-state index in [0.29, 0.717) is 10.6 Å². The number of nitrogens with zero attached hydrogens (tertiary/aromatic N) is 3. The molecule has 2 aromatic heterocycles. The predicted molar refractivity (Wildman–Crippen MR) is 94.7 cm³/mol. The number of hydrogen-bond acceptors (Lipinski definition) is 6. The number of aliphatic hydroxyl groups is 1. The molecule has 1 aromatic carbocycles. The van der Waals surface area contributed by atoms with Crippen molar-refractivity contribution in [1.29, 1.82) is 0 Å². The third-order valence-corrected chi connectivity index (χ3v) is 4.05. The van der Waals surface area contributed by atoms with E-state index >= 15 is 0 Å². The van der Waals surface area contributed by atoms with E-state index < -0.39 is 35.9 Å². The van der Waals surface area contributed by atoms with Crippen LogP contribution < -0.4 is 10.9 Å². The smallest absolute Gasteiger partial charge is 0.382 e. The monoisotopic (exact) mass is 428 g/mol. The fourth-order valence-electron chi connectivity index (χ4n) is 2.30. The molecule has 0 saturated carbocycles. The Labute approximate surface area is 165 Å². The highest BCUT2D eigenvalue weighted by Gasteiger charge is 2.38. The topological polar surface area (TPSA) is 110 Å². The highest BCUT2D eigenvalue weighted by molar-refractivity contribution is 6.30. The number of benzene rings is 1. The number of alkyl halides is 3. The number of rotatable bonds is 5. The number of aromatic nitrogens is 3. The average Bonchev–Trinajstić information content (AvgIpc) is 3.20. The highest BCUT2D eigenvalue weighted by atomic mass is 35.5. The van der Waals surface area contributed by atoms with Gasteiger partial charge in [-0.25, -0.2) is 0 Å². The maximum absolute atomic E-state index is 12.7. The van der Waals surface area contributed by atoms with E-state index in [-0.39, 0.29) is 11.4 Å². The van der Waals surface area contributed by atoms with Crippen molar-refractivity contribution in [3.63, 3.8) is 0 Å². The first kappa shape index (κ1) is 20.6. The first-order valence-electron chi connectivity index (χ1n) is 8.00. The molecule has 2 N–H and O–H groups in total. The molecule has 0 saturated heterocycles. The minimum Gasteiger partial charge on any atom is -0.382 e. The minimum absolute atomic E-state index is 0.107. The molecule has 1 atom stereocenters. The zero-order valence-corrected chi connectivity index (χ0v) is 15.1. The number of carbonyl (C=O) groups is 1. The third-order valence-electron chi connectivity index (χ3n) is 3.79. The summed E-state index contributed by atoms with van der Waals surface area (Å²) in [5, 5.41) is 19.0. The number of carbonyl (C=O) groups excluding carboxylic acids is 1. The van der Waals surface area contributed by atoms with Gasteiger partial charge in [-0.3, -0.25) is 9.59 Å². The molecule has 8 nitrogen and oxygen atoms in total. The molecule has 29 heavy (non-hydrogen) atoms. The largest absolute Gasteiger partial charge is 0.416 e. The molecule has 12 heteroatoms. The average molecular weight is 429 g/mol. The molecule has 0 fully saturated rings. The Morgan fingerprint density at radius 3 is 2.59 bits per heavy atom. The second kappa shape index (κ2) is 8.05. The van der Waals surface area contributed by atoms with E-state index in [1.165, 1.54) is 6.20 Å². The van der Waals surface area contributed by atoms with Crippen LogP contribution in [-0.4, -0.2) is 44.8 Å². The summed E-state index contributed by atoms with van der Waals surface area (Å²) in [7, 11) is 0. The molecule has 1 amide bonds. The summed E-state index contributed by atoms with van der Waals surface area (Å²) in [4.78, 5) is 25.0. The van der Waals surface area contributed by atoms with E-state index in [9.17, 15) is 22.8 Å². The Bertz CT molecular complexity index is 1070. The molecule has 3 rings (SSSR count). The quantitative estimate of drug-likeness (QED) is 0.644. The van der Waals surface area contributed by atoms with E-state index in [1.807, 2.05) is 5.32 Å². The van der Waals surface area contributed by atoms with Crippen molar-refractivity contribution < 1.29 is 27.6 Å². The van der Waals surface area contributed by atoms with E-state index in [4.69, 9.17) is 16.7 Å². The molecule has 0 spiro atoms. The van der Waals surface area contributed by atoms with Gasteiger partial charge in [0.2, 0.25) is 0 Å². The van der Waals surface area contributed by atoms with Crippen LogP contribution in [0.3, 0.4) is 0 Å². The van der Waals surface area contributed by atoms with Gasteiger partial charge in [-0.05, 0) is 18.2 Å². The zero-order chi connectivity index (χ0) is 21.2. The van der Waals surface area contributed by atoms with E-state index in [2.05, 4.69) is 14.8 Å². The Morgan fingerprint density at radius 1 is 1.31 bits per heavy atom. The van der Waals surface area contributed by atoms with Crippen LogP contribution in [0.2, 0.25) is 5.02 Å². The van der Waals surface area contributed by atoms with Crippen LogP contribution in [0.15, 0.2) is 52.1 Å². The van der Waals surface area contributed by atoms with Gasteiger partial charge in [-0.2, -0.15) is 23.0 Å². The molecule has 0 radical (unpaired) electrons. The molecular formula is C17H12ClF3N4O4. The maximum Gasteiger partial charge on any atom is 0.416 e. The van der Waals surface area contributed by atoms with Gasteiger partial charge in [0.1, 0.15) is 17.5 Å². The van der Waals surface area contributed by atoms with Gasteiger partial charge in [-0.15, -0.1) is 0 Å². The molecule has 2 heterocycles. The molecule has 0 aliphatic heterocycles. The summed E-state index contributed by atoms with van der Waals surface area (Å²) in [6.45, 7) is -1.12. The first-order valence-corrected chi connectivity index (χ1v) is 8.37. The van der Waals surface area contributed by atoms with Crippen molar-refractivity contribution in [3.8, 4) is 16.9 Å². The highest BCUT2D eigenvalue weighted by Crippen LogP contribution is 2.21. The minimum atomic E-state index is -4.91. The Hall–Kier alpha value is -3.18. The molecule has 3 aromatic rings. The van der Waals surface area contributed by atoms with Crippen LogP contribution >= 0.6 is 11.6 Å². The SMILES string of the molecule is O=C(NCC(O)C(F)(F)F)c1cc(-c2ccc(Cl)cc2)nn(-c2cnoc2)c1=O. The van der Waals surface area contributed by atoms with Gasteiger partial charge in [0.15, 0.2) is 6.10 Å². The fraction of sp³-hybridized carbons (Fsp3) is 0.176. The van der Waals surface area contributed by atoms with Crippen molar-refractivity contribution in [3.05, 3.63) is 63.7 Å². The summed E-state index contributed by atoms with van der Waals surface area (Å²) < 4.78 is 42.8. The van der Waals surface area contributed by atoms with Crippen LogP contribution in [0.1, 0.15) is 10.4 Å². The van der Waals surface area contributed by atoms with Gasteiger partial charge >= 0.3 is 6.18 Å². The maximum atomic E-state index is 12.7. The number of nitrogens with one attached hydrogen (secondary N) is 1. The van der Waals surface area contributed by atoms with Gasteiger partial charge < -0.3 is 14.9 Å². The van der Waals surface area contributed by atoms with Crippen molar-refractivity contribution in [2.45, 2.75) is 12.3 Å². The van der Waals surface area contributed by atoms with Crippen molar-refractivity contribution in [2.24, 2.45) is 0 Å². The molecule has 0 bridgehead atoms. The number of hydrogen-bond donors (Lipinski definition) is 2. The second-order valence-corrected chi connectivity index (χ2v) is 6.25. The molecule has 152 valence electrons. The van der Waals surface area contributed by atoms with E-state index in [1.54, 1.807) is 24.3 Å². The lowest BCUT2D eigenvalue weighted by atomic mass is 10.1. The predicted octanol–water partition coefficient (Wildman–Crippen LogP) is 2.19. The molecule has 0 aliphatic carbocycles. The number of aliphatic hydroxyl groups excluding tert-OH is 1.